The molecule has 0 unspecified atom stereocenters. The minimum atomic E-state index is 0.250. The molecular formula is C13H15NO2. The molecule has 0 saturated carbocycles. The van der Waals surface area contributed by atoms with Crippen LogP contribution >= 0.6 is 0 Å². The lowest BCUT2D eigenvalue weighted by Gasteiger charge is -1.94. The molecule has 0 aliphatic heterocycles. The summed E-state index contributed by atoms with van der Waals surface area (Å²) in [5.74, 6) is 0. The predicted octanol–water partition coefficient (Wildman–Crippen LogP) is 2.55. The number of hydrogen-bond donors (Lipinski definition) is 0. The van der Waals surface area contributed by atoms with Gasteiger partial charge in [-0.25, -0.2) is 0 Å². The van der Waals surface area contributed by atoms with Crippen LogP contribution in [0.25, 0.3) is 10.9 Å². The largest absolute Gasteiger partial charge is 0.373 e. The molecule has 3 heteroatoms. The van der Waals surface area contributed by atoms with E-state index in [1.807, 2.05) is 0 Å². The van der Waals surface area contributed by atoms with Crippen LogP contribution in [0.15, 0.2) is 30.5 Å². The van der Waals surface area contributed by atoms with E-state index < -0.39 is 0 Å². The number of rotatable bonds is 2. The van der Waals surface area contributed by atoms with Crippen LogP contribution in [0.3, 0.4) is 0 Å². The Bertz CT molecular complexity index is 494. The third-order valence-corrected chi connectivity index (χ3v) is 2.50. The molecule has 1 aromatic carbocycles. The Labute approximate surface area is 94.7 Å². The van der Waals surface area contributed by atoms with E-state index in [1.165, 1.54) is 29.3 Å². The van der Waals surface area contributed by atoms with E-state index in [4.69, 9.17) is 9.59 Å². The van der Waals surface area contributed by atoms with E-state index in [0.29, 0.717) is 0 Å². The Morgan fingerprint density at radius 1 is 1.25 bits per heavy atom. The SMILES string of the molecule is CCCc1cn(C)c2ccccc12.O=C=O. The van der Waals surface area contributed by atoms with Gasteiger partial charge in [-0.1, -0.05) is 31.5 Å². The van der Waals surface area contributed by atoms with Gasteiger partial charge in [0.2, 0.25) is 0 Å². The molecule has 0 spiro atoms. The summed E-state index contributed by atoms with van der Waals surface area (Å²) in [6, 6.07) is 8.59. The van der Waals surface area contributed by atoms with Crippen molar-refractivity contribution in [2.24, 2.45) is 7.05 Å². The number of benzene rings is 1. The number of aryl methyl sites for hydroxylation is 2. The highest BCUT2D eigenvalue weighted by Gasteiger charge is 2.03. The molecule has 2 aromatic rings. The molecule has 3 nitrogen and oxygen atoms in total. The van der Waals surface area contributed by atoms with Crippen molar-refractivity contribution in [1.29, 1.82) is 0 Å². The second-order valence-electron chi connectivity index (χ2n) is 3.62. The van der Waals surface area contributed by atoms with Crippen molar-refractivity contribution in [2.45, 2.75) is 19.8 Å². The molecular weight excluding hydrogens is 202 g/mol. The number of fused-ring (bicyclic) bond motifs is 1. The van der Waals surface area contributed by atoms with Crippen molar-refractivity contribution >= 4 is 17.1 Å². The summed E-state index contributed by atoms with van der Waals surface area (Å²) in [6.45, 7) is 2.22. The van der Waals surface area contributed by atoms with Gasteiger partial charge in [-0.3, -0.25) is 0 Å². The van der Waals surface area contributed by atoms with Crippen molar-refractivity contribution in [1.82, 2.24) is 4.57 Å². The first-order chi connectivity index (χ1) is 7.74. The monoisotopic (exact) mass is 217 g/mol. The number of nitrogens with zero attached hydrogens (tertiary/aromatic N) is 1. The van der Waals surface area contributed by atoms with Crippen LogP contribution in [0, 0.1) is 0 Å². The van der Waals surface area contributed by atoms with Gasteiger partial charge in [-0.2, -0.15) is 9.59 Å². The summed E-state index contributed by atoms with van der Waals surface area (Å²) in [7, 11) is 2.11. The molecule has 1 aromatic heterocycles. The molecule has 0 fully saturated rings. The normalized spacial score (nSPS) is 9.38. The van der Waals surface area contributed by atoms with Gasteiger partial charge >= 0.3 is 6.15 Å². The predicted molar refractivity (Wildman–Crippen MR) is 61.9 cm³/mol. The molecule has 16 heavy (non-hydrogen) atoms. The molecule has 0 aliphatic rings. The number of para-hydroxylation sites is 1. The minimum Gasteiger partial charge on any atom is -0.350 e. The lowest BCUT2D eigenvalue weighted by atomic mass is 10.1. The van der Waals surface area contributed by atoms with Crippen LogP contribution in [0.5, 0.6) is 0 Å². The van der Waals surface area contributed by atoms with E-state index in [1.54, 1.807) is 0 Å². The zero-order chi connectivity index (χ0) is 12.0. The fourth-order valence-corrected chi connectivity index (χ4v) is 1.89. The van der Waals surface area contributed by atoms with Crippen molar-refractivity contribution in [3.63, 3.8) is 0 Å². The van der Waals surface area contributed by atoms with Crippen LogP contribution < -0.4 is 0 Å². The maximum Gasteiger partial charge on any atom is 0.373 e. The van der Waals surface area contributed by atoms with Crippen molar-refractivity contribution in [3.05, 3.63) is 36.0 Å². The molecule has 0 saturated heterocycles. The summed E-state index contributed by atoms with van der Waals surface area (Å²) in [5.41, 5.74) is 2.81. The van der Waals surface area contributed by atoms with E-state index >= 15 is 0 Å². The highest BCUT2D eigenvalue weighted by molar-refractivity contribution is 5.83. The average molecular weight is 217 g/mol. The standard InChI is InChI=1S/C12H15N.CO2/c1-3-6-10-9-13(2)12-8-5-4-7-11(10)12;2-1-3/h4-5,7-9H,3,6H2,1-2H3;. The van der Waals surface area contributed by atoms with Gasteiger partial charge in [0.15, 0.2) is 0 Å². The smallest absolute Gasteiger partial charge is 0.350 e. The molecule has 1 heterocycles. The summed E-state index contributed by atoms with van der Waals surface area (Å²) in [6.07, 6.45) is 4.89. The molecule has 0 amide bonds. The number of carbonyl (C=O) groups excluding carboxylic acids is 2. The lowest BCUT2D eigenvalue weighted by Crippen LogP contribution is -1.82. The zero-order valence-corrected chi connectivity index (χ0v) is 9.56. The van der Waals surface area contributed by atoms with E-state index in [-0.39, 0.29) is 6.15 Å². The van der Waals surface area contributed by atoms with Crippen molar-refractivity contribution < 1.29 is 9.59 Å². The second kappa shape index (κ2) is 5.89. The highest BCUT2D eigenvalue weighted by atomic mass is 16.2. The highest BCUT2D eigenvalue weighted by Crippen LogP contribution is 2.21. The summed E-state index contributed by atoms with van der Waals surface area (Å²) < 4.78 is 2.21. The van der Waals surface area contributed by atoms with Crippen LogP contribution in [-0.2, 0) is 23.1 Å². The van der Waals surface area contributed by atoms with Gasteiger partial charge < -0.3 is 4.57 Å². The van der Waals surface area contributed by atoms with E-state index in [0.717, 1.165) is 0 Å². The number of hydrogen-bond acceptors (Lipinski definition) is 2. The Morgan fingerprint density at radius 2 is 1.88 bits per heavy atom. The first kappa shape index (κ1) is 12.2. The molecule has 0 bridgehead atoms. The first-order valence-electron chi connectivity index (χ1n) is 5.26. The molecule has 0 aliphatic carbocycles. The van der Waals surface area contributed by atoms with E-state index in [2.05, 4.69) is 49.0 Å². The van der Waals surface area contributed by atoms with Gasteiger partial charge in [0.05, 0.1) is 0 Å². The minimum absolute atomic E-state index is 0.250. The van der Waals surface area contributed by atoms with Crippen LogP contribution in [0.4, 0.5) is 0 Å². The van der Waals surface area contributed by atoms with Gasteiger partial charge in [0.25, 0.3) is 0 Å². The van der Waals surface area contributed by atoms with Crippen molar-refractivity contribution in [2.75, 3.05) is 0 Å². The van der Waals surface area contributed by atoms with Gasteiger partial charge in [0.1, 0.15) is 0 Å². The second-order valence-corrected chi connectivity index (χ2v) is 3.62. The average Bonchev–Trinajstić information content (AvgIpc) is 2.59. The van der Waals surface area contributed by atoms with E-state index in [9.17, 15) is 0 Å². The Morgan fingerprint density at radius 3 is 2.50 bits per heavy atom. The Hall–Kier alpha value is -1.86. The Balaban J connectivity index is 0.000000386. The van der Waals surface area contributed by atoms with Crippen LogP contribution in [-0.4, -0.2) is 10.7 Å². The van der Waals surface area contributed by atoms with Crippen LogP contribution in [0.2, 0.25) is 0 Å². The quantitative estimate of drug-likeness (QED) is 0.775. The Kier molecular flexibility index (Phi) is 4.49. The van der Waals surface area contributed by atoms with Gasteiger partial charge in [-0.05, 0) is 18.1 Å². The lowest BCUT2D eigenvalue weighted by molar-refractivity contribution is -0.191. The molecule has 84 valence electrons. The third-order valence-electron chi connectivity index (χ3n) is 2.50. The molecule has 2 rings (SSSR count). The van der Waals surface area contributed by atoms with Crippen LogP contribution in [0.1, 0.15) is 18.9 Å². The third kappa shape index (κ3) is 2.59. The molecule has 0 atom stereocenters. The maximum absolute atomic E-state index is 8.12. The van der Waals surface area contributed by atoms with Gasteiger partial charge in [-0.15, -0.1) is 0 Å². The summed E-state index contributed by atoms with van der Waals surface area (Å²) in [4.78, 5) is 16.2. The van der Waals surface area contributed by atoms with Gasteiger partial charge in [0, 0.05) is 24.1 Å². The number of aromatic nitrogens is 1. The fraction of sp³-hybridized carbons (Fsp3) is 0.308. The molecule has 0 radical (unpaired) electrons. The first-order valence-corrected chi connectivity index (χ1v) is 5.26. The molecule has 0 N–H and O–H groups in total. The fourth-order valence-electron chi connectivity index (χ4n) is 1.89. The zero-order valence-electron chi connectivity index (χ0n) is 9.56. The summed E-state index contributed by atoms with van der Waals surface area (Å²) in [5, 5.41) is 1.41. The van der Waals surface area contributed by atoms with Crippen molar-refractivity contribution in [3.8, 4) is 0 Å². The summed E-state index contributed by atoms with van der Waals surface area (Å²) >= 11 is 0. The topological polar surface area (TPSA) is 39.1 Å². The maximum atomic E-state index is 8.12.